The smallest absolute Gasteiger partial charge is 0.264 e. The number of para-hydroxylation sites is 1. The van der Waals surface area contributed by atoms with Crippen LogP contribution in [0.3, 0.4) is 0 Å². The molecule has 3 aromatic carbocycles. The summed E-state index contributed by atoms with van der Waals surface area (Å²) in [6.07, 6.45) is 0. The van der Waals surface area contributed by atoms with Crippen LogP contribution in [0.5, 0.6) is 5.75 Å². The second-order valence-corrected chi connectivity index (χ2v) is 8.62. The molecule has 0 atom stereocenters. The van der Waals surface area contributed by atoms with Crippen molar-refractivity contribution in [2.24, 2.45) is 0 Å². The second kappa shape index (κ2) is 8.73. The maximum atomic E-state index is 13.8. The number of nitrogens with zero attached hydrogens (tertiary/aromatic N) is 1. The summed E-state index contributed by atoms with van der Waals surface area (Å²) in [6.45, 7) is 0. The fraction of sp³-hybridized carbons (Fsp3) is 0.0952. The normalized spacial score (nSPS) is 11.1. The van der Waals surface area contributed by atoms with E-state index in [4.69, 9.17) is 16.3 Å². The number of carbonyl (C=O) groups excluding carboxylic acids is 1. The molecular formula is C21H18ClFN2O4S. The van der Waals surface area contributed by atoms with Crippen molar-refractivity contribution in [1.82, 2.24) is 0 Å². The van der Waals surface area contributed by atoms with Gasteiger partial charge < -0.3 is 10.1 Å². The van der Waals surface area contributed by atoms with E-state index in [-0.39, 0.29) is 26.9 Å². The molecule has 30 heavy (non-hydrogen) atoms. The second-order valence-electron chi connectivity index (χ2n) is 6.25. The van der Waals surface area contributed by atoms with E-state index in [1.165, 1.54) is 74.8 Å². The van der Waals surface area contributed by atoms with E-state index in [1.807, 2.05) is 0 Å². The molecule has 0 spiro atoms. The molecule has 0 unspecified atom stereocenters. The first-order valence-electron chi connectivity index (χ1n) is 8.72. The lowest BCUT2D eigenvalue weighted by Gasteiger charge is -2.20. The van der Waals surface area contributed by atoms with Gasteiger partial charge in [-0.05, 0) is 54.6 Å². The largest absolute Gasteiger partial charge is 0.497 e. The van der Waals surface area contributed by atoms with Gasteiger partial charge in [0.25, 0.3) is 15.9 Å². The zero-order valence-electron chi connectivity index (χ0n) is 16.1. The van der Waals surface area contributed by atoms with Crippen molar-refractivity contribution in [3.63, 3.8) is 0 Å². The number of rotatable bonds is 6. The average Bonchev–Trinajstić information content (AvgIpc) is 2.75. The summed E-state index contributed by atoms with van der Waals surface area (Å²) in [6, 6.07) is 15.8. The zero-order chi connectivity index (χ0) is 21.9. The van der Waals surface area contributed by atoms with Gasteiger partial charge in [0.15, 0.2) is 0 Å². The Morgan fingerprint density at radius 2 is 1.73 bits per heavy atom. The van der Waals surface area contributed by atoms with Crippen LogP contribution in [0.2, 0.25) is 5.02 Å². The Morgan fingerprint density at radius 3 is 2.37 bits per heavy atom. The number of benzene rings is 3. The molecule has 0 aliphatic carbocycles. The number of hydrogen-bond acceptors (Lipinski definition) is 4. The summed E-state index contributed by atoms with van der Waals surface area (Å²) in [4.78, 5) is 12.7. The number of halogens is 2. The number of methoxy groups -OCH3 is 1. The Hall–Kier alpha value is -3.10. The molecule has 0 aliphatic rings. The average molecular weight is 449 g/mol. The Labute approximate surface area is 178 Å². The first-order chi connectivity index (χ1) is 14.2. The fourth-order valence-electron chi connectivity index (χ4n) is 2.68. The first kappa shape index (κ1) is 21.6. The summed E-state index contributed by atoms with van der Waals surface area (Å²) >= 11 is 6.13. The van der Waals surface area contributed by atoms with Gasteiger partial charge in [0.1, 0.15) is 11.6 Å². The lowest BCUT2D eigenvalue weighted by Crippen LogP contribution is -2.27. The van der Waals surface area contributed by atoms with Crippen molar-refractivity contribution in [3.8, 4) is 5.75 Å². The number of hydrogen-bond donors (Lipinski definition) is 1. The maximum Gasteiger partial charge on any atom is 0.264 e. The van der Waals surface area contributed by atoms with Gasteiger partial charge in [0.05, 0.1) is 34.0 Å². The van der Waals surface area contributed by atoms with Gasteiger partial charge in [-0.25, -0.2) is 12.8 Å². The highest BCUT2D eigenvalue weighted by Gasteiger charge is 2.23. The molecule has 0 radical (unpaired) electrons. The van der Waals surface area contributed by atoms with Crippen LogP contribution in [0.4, 0.5) is 15.8 Å². The number of anilines is 2. The molecule has 1 amide bonds. The third-order valence-corrected chi connectivity index (χ3v) is 6.53. The van der Waals surface area contributed by atoms with Crippen LogP contribution >= 0.6 is 11.6 Å². The van der Waals surface area contributed by atoms with Gasteiger partial charge in [-0.1, -0.05) is 23.7 Å². The third-order valence-electron chi connectivity index (χ3n) is 4.40. The van der Waals surface area contributed by atoms with E-state index in [2.05, 4.69) is 5.32 Å². The fourth-order valence-corrected chi connectivity index (χ4v) is 4.07. The summed E-state index contributed by atoms with van der Waals surface area (Å²) in [5.41, 5.74) is 0.214. The van der Waals surface area contributed by atoms with Crippen LogP contribution in [0.25, 0.3) is 0 Å². The predicted molar refractivity (Wildman–Crippen MR) is 114 cm³/mol. The predicted octanol–water partition coefficient (Wildman–Crippen LogP) is 4.57. The van der Waals surface area contributed by atoms with Gasteiger partial charge in [-0.3, -0.25) is 9.10 Å². The minimum atomic E-state index is -3.89. The maximum absolute atomic E-state index is 13.8. The molecule has 0 fully saturated rings. The molecule has 0 aliphatic heterocycles. The number of nitrogens with one attached hydrogen (secondary N) is 1. The highest BCUT2D eigenvalue weighted by molar-refractivity contribution is 7.92. The molecule has 3 rings (SSSR count). The van der Waals surface area contributed by atoms with E-state index in [0.29, 0.717) is 5.75 Å². The van der Waals surface area contributed by atoms with E-state index >= 15 is 0 Å². The van der Waals surface area contributed by atoms with Gasteiger partial charge in [-0.15, -0.1) is 0 Å². The highest BCUT2D eigenvalue weighted by atomic mass is 35.5. The number of ether oxygens (including phenoxy) is 1. The zero-order valence-corrected chi connectivity index (χ0v) is 17.7. The Kier molecular flexibility index (Phi) is 6.28. The summed E-state index contributed by atoms with van der Waals surface area (Å²) in [5, 5.41) is 2.54. The monoisotopic (exact) mass is 448 g/mol. The minimum absolute atomic E-state index is 0.00852. The van der Waals surface area contributed by atoms with E-state index in [1.54, 1.807) is 6.07 Å². The van der Waals surface area contributed by atoms with Crippen molar-refractivity contribution in [2.45, 2.75) is 4.90 Å². The van der Waals surface area contributed by atoms with E-state index in [9.17, 15) is 17.6 Å². The van der Waals surface area contributed by atoms with Crippen molar-refractivity contribution in [3.05, 3.63) is 83.1 Å². The number of sulfonamides is 1. The summed E-state index contributed by atoms with van der Waals surface area (Å²) in [5.74, 6) is -0.741. The van der Waals surface area contributed by atoms with Gasteiger partial charge >= 0.3 is 0 Å². The molecule has 9 heteroatoms. The van der Waals surface area contributed by atoms with Crippen LogP contribution in [0.1, 0.15) is 10.4 Å². The molecule has 1 N–H and O–H groups in total. The molecule has 0 heterocycles. The van der Waals surface area contributed by atoms with E-state index in [0.717, 1.165) is 4.31 Å². The molecular weight excluding hydrogens is 431 g/mol. The van der Waals surface area contributed by atoms with Crippen molar-refractivity contribution < 1.29 is 22.3 Å². The summed E-state index contributed by atoms with van der Waals surface area (Å²) < 4.78 is 45.8. The molecule has 6 nitrogen and oxygen atoms in total. The van der Waals surface area contributed by atoms with Crippen molar-refractivity contribution in [1.29, 1.82) is 0 Å². The highest BCUT2D eigenvalue weighted by Crippen LogP contribution is 2.28. The molecule has 156 valence electrons. The third kappa shape index (κ3) is 4.39. The van der Waals surface area contributed by atoms with Gasteiger partial charge in [0, 0.05) is 7.05 Å². The van der Waals surface area contributed by atoms with Crippen molar-refractivity contribution >= 4 is 38.9 Å². The number of carbonyl (C=O) groups is 1. The lowest BCUT2D eigenvalue weighted by atomic mass is 10.1. The SMILES string of the molecule is COc1ccc(S(=O)(=O)N(C)c2ccc(Cl)c(C(=O)Nc3ccccc3F)c2)cc1. The minimum Gasteiger partial charge on any atom is -0.497 e. The quantitative estimate of drug-likeness (QED) is 0.599. The van der Waals surface area contributed by atoms with Crippen LogP contribution in [-0.4, -0.2) is 28.5 Å². The van der Waals surface area contributed by atoms with Gasteiger partial charge in [0.2, 0.25) is 0 Å². The Morgan fingerprint density at radius 1 is 1.07 bits per heavy atom. The molecule has 0 bridgehead atoms. The first-order valence-corrected chi connectivity index (χ1v) is 10.5. The summed E-state index contributed by atoms with van der Waals surface area (Å²) in [7, 11) is -1.05. The van der Waals surface area contributed by atoms with E-state index < -0.39 is 21.7 Å². The molecule has 0 saturated heterocycles. The van der Waals surface area contributed by atoms with Gasteiger partial charge in [-0.2, -0.15) is 0 Å². The number of amides is 1. The Bertz CT molecular complexity index is 1180. The molecule has 0 saturated carbocycles. The lowest BCUT2D eigenvalue weighted by molar-refractivity contribution is 0.102. The topological polar surface area (TPSA) is 75.7 Å². The van der Waals surface area contributed by atoms with Crippen LogP contribution in [0, 0.1) is 5.82 Å². The van der Waals surface area contributed by atoms with Crippen LogP contribution in [-0.2, 0) is 10.0 Å². The van der Waals surface area contributed by atoms with Crippen LogP contribution < -0.4 is 14.4 Å². The van der Waals surface area contributed by atoms with Crippen LogP contribution in [0.15, 0.2) is 71.6 Å². The Balaban J connectivity index is 1.91. The molecule has 3 aromatic rings. The molecule has 0 aromatic heterocycles. The standard InChI is InChI=1S/C21H18ClFN2O4S/c1-25(30(27,28)16-10-8-15(29-2)9-11-16)14-7-12-18(22)17(13-14)21(26)24-20-6-4-3-5-19(20)23/h3-13H,1-2H3,(H,24,26). The van der Waals surface area contributed by atoms with Crippen molar-refractivity contribution in [2.75, 3.05) is 23.8 Å².